The van der Waals surface area contributed by atoms with Gasteiger partial charge in [-0.15, -0.1) is 0 Å². The zero-order valence-corrected chi connectivity index (χ0v) is 13.8. The minimum atomic E-state index is -4.88. The molecule has 0 spiro atoms. The van der Waals surface area contributed by atoms with E-state index >= 15 is 0 Å². The van der Waals surface area contributed by atoms with E-state index in [2.05, 4.69) is 26.1 Å². The molecule has 0 saturated carbocycles. The minimum absolute atomic E-state index is 0.152. The largest absolute Gasteiger partial charge is 0.471 e. The first-order valence-electron chi connectivity index (χ1n) is 7.89. The SMILES string of the molecule is CC(C)CCCC(C)NCc1cccc(NC(=O)C(F)(F)F)c1. The number of hydrogen-bond donors (Lipinski definition) is 2. The Morgan fingerprint density at radius 1 is 1.17 bits per heavy atom. The number of amides is 1. The van der Waals surface area contributed by atoms with Gasteiger partial charge in [0.15, 0.2) is 0 Å². The van der Waals surface area contributed by atoms with Gasteiger partial charge in [-0.25, -0.2) is 0 Å². The second kappa shape index (κ2) is 8.91. The summed E-state index contributed by atoms with van der Waals surface area (Å²) < 4.78 is 36.7. The van der Waals surface area contributed by atoms with Gasteiger partial charge >= 0.3 is 12.1 Å². The quantitative estimate of drug-likeness (QED) is 0.737. The summed E-state index contributed by atoms with van der Waals surface area (Å²) in [6.07, 6.45) is -1.49. The highest BCUT2D eigenvalue weighted by molar-refractivity contribution is 5.94. The molecule has 1 aromatic carbocycles. The van der Waals surface area contributed by atoms with Gasteiger partial charge in [0, 0.05) is 18.3 Å². The van der Waals surface area contributed by atoms with Crippen LogP contribution in [0.15, 0.2) is 24.3 Å². The van der Waals surface area contributed by atoms with E-state index in [1.807, 2.05) is 11.4 Å². The molecular formula is C17H25F3N2O. The summed E-state index contributed by atoms with van der Waals surface area (Å²) >= 11 is 0. The molecule has 0 radical (unpaired) electrons. The van der Waals surface area contributed by atoms with E-state index in [1.54, 1.807) is 12.1 Å². The molecule has 2 N–H and O–H groups in total. The predicted octanol–water partition coefficient (Wildman–Crippen LogP) is 4.49. The third-order valence-corrected chi connectivity index (χ3v) is 3.52. The molecule has 0 bridgehead atoms. The van der Waals surface area contributed by atoms with Crippen LogP contribution in [0.2, 0.25) is 0 Å². The number of alkyl halides is 3. The molecular weight excluding hydrogens is 305 g/mol. The molecule has 130 valence electrons. The lowest BCUT2D eigenvalue weighted by molar-refractivity contribution is -0.167. The van der Waals surface area contributed by atoms with Gasteiger partial charge in [0.05, 0.1) is 0 Å². The molecule has 23 heavy (non-hydrogen) atoms. The van der Waals surface area contributed by atoms with E-state index in [0.717, 1.165) is 18.4 Å². The fourth-order valence-corrected chi connectivity index (χ4v) is 2.19. The topological polar surface area (TPSA) is 41.1 Å². The average molecular weight is 330 g/mol. The Bertz CT molecular complexity index is 501. The van der Waals surface area contributed by atoms with Crippen molar-refractivity contribution in [3.8, 4) is 0 Å². The Morgan fingerprint density at radius 2 is 1.87 bits per heavy atom. The smallest absolute Gasteiger partial charge is 0.318 e. The first kappa shape index (κ1) is 19.5. The molecule has 0 aliphatic heterocycles. The van der Waals surface area contributed by atoms with Crippen LogP contribution in [0.25, 0.3) is 0 Å². The summed E-state index contributed by atoms with van der Waals surface area (Å²) in [7, 11) is 0. The maximum absolute atomic E-state index is 12.2. The number of halogens is 3. The molecule has 1 atom stereocenters. The van der Waals surface area contributed by atoms with Crippen LogP contribution in [0.3, 0.4) is 0 Å². The minimum Gasteiger partial charge on any atom is -0.318 e. The Hall–Kier alpha value is -1.56. The zero-order chi connectivity index (χ0) is 17.5. The molecule has 0 aliphatic carbocycles. The Morgan fingerprint density at radius 3 is 2.48 bits per heavy atom. The highest BCUT2D eigenvalue weighted by Crippen LogP contribution is 2.19. The standard InChI is InChI=1S/C17H25F3N2O/c1-12(2)6-4-7-13(3)21-11-14-8-5-9-15(10-14)22-16(23)17(18,19)20/h5,8-10,12-13,21H,4,6-7,11H2,1-3H3,(H,22,23). The maximum atomic E-state index is 12.2. The van der Waals surface area contributed by atoms with Crippen LogP contribution >= 0.6 is 0 Å². The van der Waals surface area contributed by atoms with Crippen molar-refractivity contribution in [1.29, 1.82) is 0 Å². The molecule has 6 heteroatoms. The van der Waals surface area contributed by atoms with Crippen molar-refractivity contribution < 1.29 is 18.0 Å². The second-order valence-electron chi connectivity index (χ2n) is 6.26. The lowest BCUT2D eigenvalue weighted by atomic mass is 10.0. The summed E-state index contributed by atoms with van der Waals surface area (Å²) in [6, 6.07) is 6.78. The van der Waals surface area contributed by atoms with E-state index in [9.17, 15) is 18.0 Å². The van der Waals surface area contributed by atoms with Crippen LogP contribution in [-0.2, 0) is 11.3 Å². The van der Waals surface area contributed by atoms with E-state index in [4.69, 9.17) is 0 Å². The summed E-state index contributed by atoms with van der Waals surface area (Å²) in [5.74, 6) is -1.26. The number of benzene rings is 1. The van der Waals surface area contributed by atoms with Crippen LogP contribution in [0.1, 0.15) is 45.6 Å². The summed E-state index contributed by atoms with van der Waals surface area (Å²) in [4.78, 5) is 10.9. The highest BCUT2D eigenvalue weighted by Gasteiger charge is 2.38. The van der Waals surface area contributed by atoms with Crippen molar-refractivity contribution in [3.63, 3.8) is 0 Å². The Balaban J connectivity index is 2.46. The van der Waals surface area contributed by atoms with E-state index in [0.29, 0.717) is 18.5 Å². The number of anilines is 1. The molecule has 0 aromatic heterocycles. The maximum Gasteiger partial charge on any atom is 0.471 e. The molecule has 0 fully saturated rings. The van der Waals surface area contributed by atoms with Gasteiger partial charge < -0.3 is 10.6 Å². The first-order chi connectivity index (χ1) is 10.7. The number of carbonyl (C=O) groups excluding carboxylic acids is 1. The van der Waals surface area contributed by atoms with Gasteiger partial charge in [0.1, 0.15) is 0 Å². The predicted molar refractivity (Wildman–Crippen MR) is 86.1 cm³/mol. The van der Waals surface area contributed by atoms with Gasteiger partial charge in [-0.3, -0.25) is 4.79 Å². The van der Waals surface area contributed by atoms with E-state index in [-0.39, 0.29) is 5.69 Å². The number of rotatable bonds is 8. The third-order valence-electron chi connectivity index (χ3n) is 3.52. The zero-order valence-electron chi connectivity index (χ0n) is 13.8. The molecule has 0 saturated heterocycles. The Kier molecular flexibility index (Phi) is 7.55. The molecule has 1 amide bonds. The van der Waals surface area contributed by atoms with Crippen molar-refractivity contribution in [2.45, 2.75) is 58.8 Å². The van der Waals surface area contributed by atoms with Crippen LogP contribution in [0.4, 0.5) is 18.9 Å². The van der Waals surface area contributed by atoms with Crippen molar-refractivity contribution in [1.82, 2.24) is 5.32 Å². The van der Waals surface area contributed by atoms with Gasteiger partial charge in [0.2, 0.25) is 0 Å². The molecule has 0 aliphatic rings. The molecule has 3 nitrogen and oxygen atoms in total. The van der Waals surface area contributed by atoms with E-state index < -0.39 is 12.1 Å². The fraction of sp³-hybridized carbons (Fsp3) is 0.588. The molecule has 1 rings (SSSR count). The second-order valence-corrected chi connectivity index (χ2v) is 6.26. The van der Waals surface area contributed by atoms with Crippen molar-refractivity contribution >= 4 is 11.6 Å². The van der Waals surface area contributed by atoms with Gasteiger partial charge in [0.25, 0.3) is 0 Å². The van der Waals surface area contributed by atoms with Crippen LogP contribution in [-0.4, -0.2) is 18.1 Å². The molecule has 1 unspecified atom stereocenters. The van der Waals surface area contributed by atoms with Crippen molar-refractivity contribution in [2.75, 3.05) is 5.32 Å². The van der Waals surface area contributed by atoms with Crippen LogP contribution in [0, 0.1) is 5.92 Å². The monoisotopic (exact) mass is 330 g/mol. The average Bonchev–Trinajstić information content (AvgIpc) is 2.44. The van der Waals surface area contributed by atoms with Gasteiger partial charge in [-0.2, -0.15) is 13.2 Å². The summed E-state index contributed by atoms with van der Waals surface area (Å²) in [5, 5.41) is 5.21. The lowest BCUT2D eigenvalue weighted by Crippen LogP contribution is -2.30. The normalized spacial score (nSPS) is 13.2. The van der Waals surface area contributed by atoms with Crippen LogP contribution in [0.5, 0.6) is 0 Å². The van der Waals surface area contributed by atoms with Gasteiger partial charge in [-0.05, 0) is 37.0 Å². The highest BCUT2D eigenvalue weighted by atomic mass is 19.4. The van der Waals surface area contributed by atoms with Crippen molar-refractivity contribution in [3.05, 3.63) is 29.8 Å². The first-order valence-corrected chi connectivity index (χ1v) is 7.89. The number of carbonyl (C=O) groups is 1. The van der Waals surface area contributed by atoms with E-state index in [1.165, 1.54) is 12.5 Å². The van der Waals surface area contributed by atoms with Gasteiger partial charge in [-0.1, -0.05) is 38.8 Å². The van der Waals surface area contributed by atoms with Crippen molar-refractivity contribution in [2.24, 2.45) is 5.92 Å². The third kappa shape index (κ3) is 8.02. The summed E-state index contributed by atoms with van der Waals surface area (Å²) in [5.41, 5.74) is 0.986. The number of hydrogen-bond acceptors (Lipinski definition) is 2. The molecule has 0 heterocycles. The molecule has 1 aromatic rings. The van der Waals surface area contributed by atoms with Crippen LogP contribution < -0.4 is 10.6 Å². The number of nitrogens with one attached hydrogen (secondary N) is 2. The Labute approximate surface area is 135 Å². The lowest BCUT2D eigenvalue weighted by Gasteiger charge is -2.15. The fourth-order valence-electron chi connectivity index (χ4n) is 2.19. The summed E-state index contributed by atoms with van der Waals surface area (Å²) in [6.45, 7) is 7.03.